The summed E-state index contributed by atoms with van der Waals surface area (Å²) in [7, 11) is 4.58. The molecule has 0 saturated carbocycles. The summed E-state index contributed by atoms with van der Waals surface area (Å²) in [6, 6.07) is 7.57. The van der Waals surface area contributed by atoms with Gasteiger partial charge in [0.1, 0.15) is 18.1 Å². The van der Waals surface area contributed by atoms with Gasteiger partial charge in [-0.2, -0.15) is 0 Å². The molecule has 0 radical (unpaired) electrons. The van der Waals surface area contributed by atoms with Crippen LogP contribution in [0.25, 0.3) is 33.4 Å². The van der Waals surface area contributed by atoms with Crippen LogP contribution in [0.2, 0.25) is 0 Å². The highest BCUT2D eigenvalue weighted by molar-refractivity contribution is 7.10. The molecule has 4 aromatic rings. The Balaban J connectivity index is 0.00000420. The number of ether oxygens (including phenoxy) is 3. The van der Waals surface area contributed by atoms with Crippen LogP contribution in [0, 0.1) is 23.2 Å². The molecule has 3 aliphatic heterocycles. The summed E-state index contributed by atoms with van der Waals surface area (Å²) in [5.41, 5.74) is 9.23. The number of methoxy groups -OCH3 is 2. The van der Waals surface area contributed by atoms with Crippen LogP contribution in [-0.4, -0.2) is 125 Å². The minimum atomic E-state index is -1.09. The van der Waals surface area contributed by atoms with Gasteiger partial charge in [0.25, 0.3) is 5.91 Å². The van der Waals surface area contributed by atoms with Crippen molar-refractivity contribution in [1.82, 2.24) is 40.1 Å². The number of fused-ring (bicyclic) bond motifs is 6. The number of hydrogen-bond acceptors (Lipinski definition) is 12. The van der Waals surface area contributed by atoms with Crippen LogP contribution in [0.15, 0.2) is 41.9 Å². The van der Waals surface area contributed by atoms with Gasteiger partial charge in [-0.15, -0.1) is 11.3 Å². The Morgan fingerprint density at radius 3 is 2.62 bits per heavy atom. The van der Waals surface area contributed by atoms with Crippen molar-refractivity contribution in [3.63, 3.8) is 0 Å². The first kappa shape index (κ1) is 47.6. The number of nitrogens with zero attached hydrogens (tertiary/aromatic N) is 6. The van der Waals surface area contributed by atoms with Gasteiger partial charge in [-0.1, -0.05) is 40.7 Å². The van der Waals surface area contributed by atoms with E-state index in [1.54, 1.807) is 20.4 Å². The van der Waals surface area contributed by atoms with Crippen molar-refractivity contribution in [3.05, 3.63) is 58.2 Å². The third-order valence-electron chi connectivity index (χ3n) is 13.2. The lowest BCUT2D eigenvalue weighted by atomic mass is 9.84. The second kappa shape index (κ2) is 19.6. The molecule has 0 spiro atoms. The number of hydrazine groups is 1. The van der Waals surface area contributed by atoms with Crippen molar-refractivity contribution in [2.24, 2.45) is 23.2 Å². The van der Waals surface area contributed by atoms with Gasteiger partial charge in [-0.05, 0) is 74.8 Å². The summed E-state index contributed by atoms with van der Waals surface area (Å²) in [6.07, 6.45) is 2.66. The number of carbonyl (C=O) groups excluding carboxylic acids is 5. The molecule has 3 aliphatic rings. The minimum Gasteiger partial charge on any atom is -0.464 e. The van der Waals surface area contributed by atoms with E-state index < -0.39 is 53.3 Å². The summed E-state index contributed by atoms with van der Waals surface area (Å²) < 4.78 is 19.1. The Kier molecular flexibility index (Phi) is 14.3. The van der Waals surface area contributed by atoms with Gasteiger partial charge in [-0.3, -0.25) is 29.2 Å². The standard InChI is InChI=1S/C48H64N8O8S.2H2/c1-11-55-38-17-16-30-20-32(38)33(42(55)31-14-12-18-49-40(31)29(5)62-9)22-48(6,7)26-64-46(60)35-15-13-19-56(52-35)45(59)36(21-39-50-37(30)25-65-39)51-43(57)41(27(2)3)53(8)44(58)34-24-54(23-28(34)4)47(61)63-10;;/h12,14,16-18,20,25,27-29,34-36,41,52H,11,13,15,19,21-24,26H2,1-10H3,(H,51,57);2*1H/t28-,29-,34+,35-,36-,41-;;/m0../s1. The van der Waals surface area contributed by atoms with Crippen molar-refractivity contribution in [1.29, 1.82) is 0 Å². The van der Waals surface area contributed by atoms with Crippen LogP contribution >= 0.6 is 11.3 Å². The summed E-state index contributed by atoms with van der Waals surface area (Å²) in [6.45, 7) is 15.6. The van der Waals surface area contributed by atoms with Crippen molar-refractivity contribution in [2.75, 3.05) is 47.5 Å². The monoisotopic (exact) mass is 916 g/mol. The van der Waals surface area contributed by atoms with Crippen molar-refractivity contribution < 1.29 is 41.0 Å². The first-order chi connectivity index (χ1) is 31.0. The highest BCUT2D eigenvalue weighted by Gasteiger charge is 2.43. The molecule has 17 heteroatoms. The van der Waals surface area contributed by atoms with Gasteiger partial charge in [0.05, 0.1) is 47.8 Å². The molecule has 0 aliphatic carbocycles. The molecule has 354 valence electrons. The molecule has 16 nitrogen and oxygen atoms in total. The van der Waals surface area contributed by atoms with Crippen LogP contribution in [0.1, 0.15) is 86.5 Å². The largest absolute Gasteiger partial charge is 0.464 e. The number of benzene rings is 1. The average Bonchev–Trinajstić information content (AvgIpc) is 4.01. The molecule has 0 unspecified atom stereocenters. The lowest BCUT2D eigenvalue weighted by molar-refractivity contribution is -0.155. The Morgan fingerprint density at radius 1 is 1.14 bits per heavy atom. The highest BCUT2D eigenvalue weighted by atomic mass is 32.1. The van der Waals surface area contributed by atoms with Gasteiger partial charge in [0, 0.05) is 88.6 Å². The molecule has 6 heterocycles. The summed E-state index contributed by atoms with van der Waals surface area (Å²) in [4.78, 5) is 82.2. The number of amides is 4. The minimum absolute atomic E-state index is 0. The number of hydrogen-bond donors (Lipinski definition) is 2. The maximum absolute atomic E-state index is 14.6. The number of carbonyl (C=O) groups is 5. The summed E-state index contributed by atoms with van der Waals surface area (Å²) in [5.74, 6) is -2.67. The fourth-order valence-electron chi connectivity index (χ4n) is 9.71. The van der Waals surface area contributed by atoms with E-state index in [2.05, 4.69) is 60.3 Å². The molecule has 6 atom stereocenters. The van der Waals surface area contributed by atoms with Crippen molar-refractivity contribution in [2.45, 2.75) is 105 Å². The molecule has 6 bridgehead atoms. The zero-order valence-corrected chi connectivity index (χ0v) is 40.1. The average molecular weight is 917 g/mol. The van der Waals surface area contributed by atoms with Crippen LogP contribution in [0.4, 0.5) is 4.79 Å². The fourth-order valence-corrected chi connectivity index (χ4v) is 10.6. The predicted molar refractivity (Wildman–Crippen MR) is 252 cm³/mol. The number of aryl methyl sites for hydroxylation is 1. The summed E-state index contributed by atoms with van der Waals surface area (Å²) in [5, 5.41) is 8.08. The maximum atomic E-state index is 14.6. The van der Waals surface area contributed by atoms with E-state index in [-0.39, 0.29) is 46.3 Å². The third kappa shape index (κ3) is 9.78. The Bertz CT molecular complexity index is 2440. The topological polar surface area (TPSA) is 178 Å². The van der Waals surface area contributed by atoms with Gasteiger partial charge in [0.15, 0.2) is 0 Å². The number of aromatic nitrogens is 3. The quantitative estimate of drug-likeness (QED) is 0.175. The van der Waals surface area contributed by atoms with Crippen LogP contribution < -0.4 is 10.7 Å². The fraction of sp³-hybridized carbons (Fsp3) is 0.562. The number of nitrogens with one attached hydrogen (secondary N) is 2. The first-order valence-corrected chi connectivity index (χ1v) is 23.6. The van der Waals surface area contributed by atoms with Crippen molar-refractivity contribution in [3.8, 4) is 22.5 Å². The molecule has 7 rings (SSSR count). The zero-order chi connectivity index (χ0) is 46.9. The molecule has 2 saturated heterocycles. The number of likely N-dealkylation sites (tertiary alicyclic amines) is 1. The van der Waals surface area contributed by atoms with E-state index in [1.165, 1.54) is 33.3 Å². The Hall–Kier alpha value is -5.39. The lowest BCUT2D eigenvalue weighted by Gasteiger charge is -2.37. The molecular formula is C48H68N8O8S. The molecule has 2 N–H and O–H groups in total. The van der Waals surface area contributed by atoms with Crippen LogP contribution in [0.5, 0.6) is 0 Å². The maximum Gasteiger partial charge on any atom is 0.409 e. The smallest absolute Gasteiger partial charge is 0.409 e. The second-order valence-corrected chi connectivity index (χ2v) is 19.8. The second-order valence-electron chi connectivity index (χ2n) is 18.9. The van der Waals surface area contributed by atoms with Gasteiger partial charge in [-0.25, -0.2) is 15.2 Å². The first-order valence-electron chi connectivity index (χ1n) is 22.7. The van der Waals surface area contributed by atoms with E-state index in [1.807, 2.05) is 39.1 Å². The summed E-state index contributed by atoms with van der Waals surface area (Å²) >= 11 is 1.40. The van der Waals surface area contributed by atoms with Crippen molar-refractivity contribution >= 4 is 52.0 Å². The Morgan fingerprint density at radius 2 is 1.91 bits per heavy atom. The normalized spacial score (nSPS) is 22.3. The molecule has 1 aromatic carbocycles. The van der Waals surface area contributed by atoms with E-state index >= 15 is 0 Å². The number of likely N-dealkylation sites (N-methyl/N-ethyl adjacent to an activating group) is 1. The molecule has 4 amide bonds. The Labute approximate surface area is 388 Å². The molecule has 3 aromatic heterocycles. The van der Waals surface area contributed by atoms with E-state index in [9.17, 15) is 24.0 Å². The number of cyclic esters (lactones) is 1. The number of esters is 1. The molecule has 65 heavy (non-hydrogen) atoms. The number of pyridine rings is 1. The highest BCUT2D eigenvalue weighted by Crippen LogP contribution is 2.42. The number of rotatable bonds is 9. The van der Waals surface area contributed by atoms with E-state index in [4.69, 9.17) is 24.2 Å². The predicted octanol–water partition coefficient (Wildman–Crippen LogP) is 6.51. The molecule has 2 fully saturated rings. The zero-order valence-electron chi connectivity index (χ0n) is 39.3. The van der Waals surface area contributed by atoms with Gasteiger partial charge >= 0.3 is 12.1 Å². The SMILES string of the molecule is CCn1c(-c2cccnc2[C@H](C)OC)c2c3cc(ccc31)-c1csc(n1)C[C@H](NC(=O)[C@H](C(C)C)N(C)C(=O)[C@@H]1CN(C(=O)OC)C[C@@H]1C)C(=O)N1CCC[C@H](N1)C(=O)OCC(C)(C)C2.[HH].[HH]. The number of thiazole rings is 1. The van der Waals surface area contributed by atoms with Crippen LogP contribution in [-0.2, 0) is 52.8 Å². The van der Waals surface area contributed by atoms with Gasteiger partial charge < -0.3 is 33.9 Å². The van der Waals surface area contributed by atoms with E-state index in [0.717, 1.165) is 44.7 Å². The third-order valence-corrected chi connectivity index (χ3v) is 14.1. The van der Waals surface area contributed by atoms with Crippen LogP contribution in [0.3, 0.4) is 0 Å². The lowest BCUT2D eigenvalue weighted by Crippen LogP contribution is -2.62. The molecular weight excluding hydrogens is 849 g/mol. The van der Waals surface area contributed by atoms with Gasteiger partial charge in [0.2, 0.25) is 11.8 Å². The van der Waals surface area contributed by atoms with E-state index in [0.29, 0.717) is 43.9 Å².